The Balaban J connectivity index is 2.89. The van der Waals surface area contributed by atoms with E-state index in [2.05, 4.69) is 5.32 Å². The lowest BCUT2D eigenvalue weighted by atomic mass is 10.0. The summed E-state index contributed by atoms with van der Waals surface area (Å²) < 4.78 is 0. The summed E-state index contributed by atoms with van der Waals surface area (Å²) in [6.45, 7) is 3.07. The van der Waals surface area contributed by atoms with Crippen LogP contribution in [0.15, 0.2) is 24.3 Å². The molecule has 0 aliphatic rings. The molecular weight excluding hydrogens is 206 g/mol. The summed E-state index contributed by atoms with van der Waals surface area (Å²) in [5, 5.41) is 2.52. The highest BCUT2D eigenvalue weighted by Gasteiger charge is 2.27. The highest BCUT2D eigenvalue weighted by molar-refractivity contribution is 6.02. The van der Waals surface area contributed by atoms with Gasteiger partial charge in [0.25, 0.3) is 5.91 Å². The van der Waals surface area contributed by atoms with Crippen LogP contribution in [-0.2, 0) is 4.79 Å². The fourth-order valence-electron chi connectivity index (χ4n) is 1.12. The van der Waals surface area contributed by atoms with Gasteiger partial charge in [-0.2, -0.15) is 0 Å². The predicted octanol–water partition coefficient (Wildman–Crippen LogP) is 0.262. The normalized spacial score (nSPS) is 10.9. The third-order valence-electron chi connectivity index (χ3n) is 2.25. The van der Waals surface area contributed by atoms with Crippen LogP contribution >= 0.6 is 0 Å². The number of primary amides is 1. The highest BCUT2D eigenvalue weighted by Crippen LogP contribution is 2.12. The van der Waals surface area contributed by atoms with E-state index in [0.717, 1.165) is 0 Å². The van der Waals surface area contributed by atoms with Gasteiger partial charge in [-0.05, 0) is 26.0 Å². The number of amides is 2. The summed E-state index contributed by atoms with van der Waals surface area (Å²) in [4.78, 5) is 22.8. The first-order chi connectivity index (χ1) is 7.34. The Morgan fingerprint density at radius 1 is 1.25 bits per heavy atom. The van der Waals surface area contributed by atoms with Crippen LogP contribution in [0.1, 0.15) is 24.2 Å². The maximum Gasteiger partial charge on any atom is 0.254 e. The van der Waals surface area contributed by atoms with E-state index in [4.69, 9.17) is 11.5 Å². The summed E-state index contributed by atoms with van der Waals surface area (Å²) in [6, 6.07) is 6.63. The minimum Gasteiger partial charge on any atom is -0.398 e. The van der Waals surface area contributed by atoms with Gasteiger partial charge in [-0.25, -0.2) is 0 Å². The minimum absolute atomic E-state index is 0.330. The molecule has 0 bridgehead atoms. The number of carbonyl (C=O) groups is 2. The van der Waals surface area contributed by atoms with Gasteiger partial charge in [0.2, 0.25) is 5.91 Å². The largest absolute Gasteiger partial charge is 0.398 e. The molecule has 1 rings (SSSR count). The molecule has 0 aromatic heterocycles. The molecule has 0 aliphatic carbocycles. The van der Waals surface area contributed by atoms with Crippen molar-refractivity contribution in [2.24, 2.45) is 5.73 Å². The third-order valence-corrected chi connectivity index (χ3v) is 2.25. The highest BCUT2D eigenvalue weighted by atomic mass is 16.2. The van der Waals surface area contributed by atoms with Crippen molar-refractivity contribution in [2.45, 2.75) is 19.4 Å². The second-order valence-electron chi connectivity index (χ2n) is 4.03. The lowest BCUT2D eigenvalue weighted by Crippen LogP contribution is -2.53. The van der Waals surface area contributed by atoms with Gasteiger partial charge >= 0.3 is 0 Å². The van der Waals surface area contributed by atoms with Crippen LogP contribution in [0, 0.1) is 0 Å². The Morgan fingerprint density at radius 2 is 1.81 bits per heavy atom. The molecule has 0 spiro atoms. The van der Waals surface area contributed by atoms with E-state index in [1.807, 2.05) is 0 Å². The molecule has 0 fully saturated rings. The van der Waals surface area contributed by atoms with Crippen molar-refractivity contribution in [3.8, 4) is 0 Å². The van der Waals surface area contributed by atoms with Crippen LogP contribution in [0.4, 0.5) is 5.69 Å². The first-order valence-corrected chi connectivity index (χ1v) is 4.81. The van der Waals surface area contributed by atoms with Gasteiger partial charge in [0, 0.05) is 5.69 Å². The molecule has 0 unspecified atom stereocenters. The van der Waals surface area contributed by atoms with Crippen LogP contribution in [-0.4, -0.2) is 17.4 Å². The zero-order chi connectivity index (χ0) is 12.3. The molecule has 0 aliphatic heterocycles. The van der Waals surface area contributed by atoms with Gasteiger partial charge < -0.3 is 16.8 Å². The first kappa shape index (κ1) is 12.0. The summed E-state index contributed by atoms with van der Waals surface area (Å²) in [7, 11) is 0. The molecular formula is C11H15N3O2. The fourth-order valence-corrected chi connectivity index (χ4v) is 1.12. The van der Waals surface area contributed by atoms with Crippen molar-refractivity contribution in [3.05, 3.63) is 29.8 Å². The Labute approximate surface area is 93.8 Å². The SMILES string of the molecule is CC(C)(NC(=O)c1ccccc1N)C(N)=O. The van der Waals surface area contributed by atoms with E-state index in [1.165, 1.54) is 13.8 Å². The van der Waals surface area contributed by atoms with Crippen molar-refractivity contribution < 1.29 is 9.59 Å². The topological polar surface area (TPSA) is 98.2 Å². The number of nitrogens with one attached hydrogen (secondary N) is 1. The number of para-hydroxylation sites is 1. The van der Waals surface area contributed by atoms with Crippen LogP contribution in [0.25, 0.3) is 0 Å². The average Bonchev–Trinajstić information content (AvgIpc) is 2.17. The summed E-state index contributed by atoms with van der Waals surface area (Å²) in [5.74, 6) is -1.02. The molecule has 16 heavy (non-hydrogen) atoms. The third kappa shape index (κ3) is 2.50. The molecule has 0 atom stereocenters. The molecule has 5 heteroatoms. The molecule has 0 heterocycles. The monoisotopic (exact) mass is 221 g/mol. The molecule has 1 aromatic rings. The number of anilines is 1. The number of hydrogen-bond donors (Lipinski definition) is 3. The van der Waals surface area contributed by atoms with E-state index in [9.17, 15) is 9.59 Å². The molecule has 5 nitrogen and oxygen atoms in total. The van der Waals surface area contributed by atoms with Crippen molar-refractivity contribution in [3.63, 3.8) is 0 Å². The molecule has 86 valence electrons. The van der Waals surface area contributed by atoms with E-state index < -0.39 is 17.4 Å². The molecule has 5 N–H and O–H groups in total. The minimum atomic E-state index is -1.10. The lowest BCUT2D eigenvalue weighted by Gasteiger charge is -2.22. The van der Waals surface area contributed by atoms with Gasteiger partial charge in [0.15, 0.2) is 0 Å². The van der Waals surface area contributed by atoms with E-state index in [1.54, 1.807) is 24.3 Å². The van der Waals surface area contributed by atoms with Crippen molar-refractivity contribution in [1.29, 1.82) is 0 Å². The maximum atomic E-state index is 11.8. The quantitative estimate of drug-likeness (QED) is 0.638. The van der Waals surface area contributed by atoms with Crippen LogP contribution in [0.5, 0.6) is 0 Å². The molecule has 1 aromatic carbocycles. The number of carbonyl (C=O) groups excluding carboxylic acids is 2. The second kappa shape index (κ2) is 4.22. The Bertz CT molecular complexity index is 427. The number of hydrogen-bond acceptors (Lipinski definition) is 3. The van der Waals surface area contributed by atoms with Crippen LogP contribution in [0.3, 0.4) is 0 Å². The van der Waals surface area contributed by atoms with Crippen molar-refractivity contribution >= 4 is 17.5 Å². The van der Waals surface area contributed by atoms with Crippen molar-refractivity contribution in [1.82, 2.24) is 5.32 Å². The average molecular weight is 221 g/mol. The van der Waals surface area contributed by atoms with Gasteiger partial charge in [-0.3, -0.25) is 9.59 Å². The van der Waals surface area contributed by atoms with E-state index >= 15 is 0 Å². The molecule has 0 saturated heterocycles. The number of rotatable bonds is 3. The van der Waals surface area contributed by atoms with Crippen molar-refractivity contribution in [2.75, 3.05) is 5.73 Å². The van der Waals surface area contributed by atoms with Gasteiger partial charge in [-0.15, -0.1) is 0 Å². The van der Waals surface area contributed by atoms with Crippen LogP contribution in [0.2, 0.25) is 0 Å². The molecule has 0 saturated carbocycles. The van der Waals surface area contributed by atoms with Crippen LogP contribution < -0.4 is 16.8 Å². The second-order valence-corrected chi connectivity index (χ2v) is 4.03. The summed E-state index contributed by atoms with van der Waals surface area (Å²) >= 11 is 0. The predicted molar refractivity (Wildman–Crippen MR) is 61.6 cm³/mol. The maximum absolute atomic E-state index is 11.8. The van der Waals surface area contributed by atoms with Gasteiger partial charge in [0.05, 0.1) is 5.56 Å². The number of nitrogen functional groups attached to an aromatic ring is 1. The van der Waals surface area contributed by atoms with E-state index in [-0.39, 0.29) is 0 Å². The van der Waals surface area contributed by atoms with E-state index in [0.29, 0.717) is 11.3 Å². The lowest BCUT2D eigenvalue weighted by molar-refractivity contribution is -0.122. The summed E-state index contributed by atoms with van der Waals surface area (Å²) in [6.07, 6.45) is 0. The Hall–Kier alpha value is -2.04. The number of nitrogens with two attached hydrogens (primary N) is 2. The standard InChI is InChI=1S/C11H15N3O2/c1-11(2,10(13)16)14-9(15)7-5-3-4-6-8(7)12/h3-6H,12H2,1-2H3,(H2,13,16)(H,14,15). The first-order valence-electron chi connectivity index (χ1n) is 4.81. The smallest absolute Gasteiger partial charge is 0.254 e. The zero-order valence-corrected chi connectivity index (χ0v) is 9.28. The Kier molecular flexibility index (Phi) is 3.17. The summed E-state index contributed by atoms with van der Waals surface area (Å²) in [5.41, 5.74) is 10.4. The Morgan fingerprint density at radius 3 is 2.31 bits per heavy atom. The molecule has 0 radical (unpaired) electrons. The zero-order valence-electron chi connectivity index (χ0n) is 9.28. The van der Waals surface area contributed by atoms with Gasteiger partial charge in [-0.1, -0.05) is 12.1 Å². The fraction of sp³-hybridized carbons (Fsp3) is 0.273. The number of benzene rings is 1. The molecule has 2 amide bonds. The van der Waals surface area contributed by atoms with Gasteiger partial charge in [0.1, 0.15) is 5.54 Å².